The van der Waals surface area contributed by atoms with Crippen molar-refractivity contribution in [2.45, 2.75) is 37.6 Å². The Hall–Kier alpha value is -2.69. The van der Waals surface area contributed by atoms with E-state index in [0.29, 0.717) is 42.7 Å². The molecule has 5 rings (SSSR count). The zero-order chi connectivity index (χ0) is 22.5. The maximum Gasteiger partial charge on any atom is 0.244 e. The number of aromatic nitrogens is 1. The van der Waals surface area contributed by atoms with Crippen LogP contribution in [0.15, 0.2) is 35.2 Å². The molecule has 2 aliphatic heterocycles. The first-order chi connectivity index (χ1) is 15.3. The van der Waals surface area contributed by atoms with Gasteiger partial charge in [-0.1, -0.05) is 17.4 Å². The number of sulfonamides is 1. The fraction of sp³-hybridized carbons (Fsp3) is 0.364. The quantitative estimate of drug-likeness (QED) is 0.623. The first kappa shape index (κ1) is 21.2. The highest BCUT2D eigenvalue weighted by atomic mass is 32.2. The second kappa shape index (κ2) is 8.02. The summed E-state index contributed by atoms with van der Waals surface area (Å²) < 4.78 is 40.0. The Labute approximate surface area is 190 Å². The van der Waals surface area contributed by atoms with E-state index in [1.807, 2.05) is 26.0 Å². The summed E-state index contributed by atoms with van der Waals surface area (Å²) in [6, 6.07) is 7.85. The van der Waals surface area contributed by atoms with Gasteiger partial charge in [0.15, 0.2) is 16.6 Å². The van der Waals surface area contributed by atoms with Gasteiger partial charge < -0.3 is 14.8 Å². The van der Waals surface area contributed by atoms with Crippen LogP contribution >= 0.6 is 11.3 Å². The molecule has 1 fully saturated rings. The first-order valence-electron chi connectivity index (χ1n) is 10.4. The molecule has 3 aromatic rings. The average Bonchev–Trinajstić information content (AvgIpc) is 3.41. The van der Waals surface area contributed by atoms with Gasteiger partial charge in [-0.25, -0.2) is 13.4 Å². The number of carbonyl (C=O) groups is 1. The Kier molecular flexibility index (Phi) is 5.31. The van der Waals surface area contributed by atoms with Crippen LogP contribution in [0.5, 0.6) is 11.5 Å². The molecule has 1 atom stereocenters. The lowest BCUT2D eigenvalue weighted by Crippen LogP contribution is -2.43. The molecule has 0 aliphatic carbocycles. The van der Waals surface area contributed by atoms with Crippen LogP contribution in [0.3, 0.4) is 0 Å². The van der Waals surface area contributed by atoms with E-state index in [0.717, 1.165) is 21.3 Å². The zero-order valence-electron chi connectivity index (χ0n) is 17.8. The van der Waals surface area contributed by atoms with Crippen molar-refractivity contribution < 1.29 is 22.7 Å². The topological polar surface area (TPSA) is 97.8 Å². The molecule has 2 aromatic carbocycles. The number of ether oxygens (including phenoxy) is 2. The van der Waals surface area contributed by atoms with Gasteiger partial charge in [0, 0.05) is 12.6 Å². The number of nitrogens with one attached hydrogen (secondary N) is 1. The molecule has 0 spiro atoms. The van der Waals surface area contributed by atoms with E-state index < -0.39 is 16.1 Å². The van der Waals surface area contributed by atoms with Crippen molar-refractivity contribution in [3.8, 4) is 11.5 Å². The average molecular weight is 474 g/mol. The minimum Gasteiger partial charge on any atom is -0.486 e. The number of nitrogens with zero attached hydrogens (tertiary/aromatic N) is 2. The number of thiazole rings is 1. The van der Waals surface area contributed by atoms with Crippen LogP contribution in [0.2, 0.25) is 0 Å². The molecule has 2 aliphatic rings. The number of aryl methyl sites for hydroxylation is 2. The van der Waals surface area contributed by atoms with E-state index in [1.165, 1.54) is 27.8 Å². The van der Waals surface area contributed by atoms with Gasteiger partial charge in [0.05, 0.1) is 15.1 Å². The van der Waals surface area contributed by atoms with Crippen molar-refractivity contribution in [1.82, 2.24) is 9.29 Å². The van der Waals surface area contributed by atoms with Crippen LogP contribution in [-0.2, 0) is 14.8 Å². The molecule has 1 amide bonds. The molecule has 8 nitrogen and oxygen atoms in total. The van der Waals surface area contributed by atoms with E-state index in [2.05, 4.69) is 10.3 Å². The summed E-state index contributed by atoms with van der Waals surface area (Å²) in [6.45, 7) is 5.08. The highest BCUT2D eigenvalue weighted by molar-refractivity contribution is 7.89. The number of rotatable bonds is 4. The number of hydrogen-bond donors (Lipinski definition) is 1. The molecular weight excluding hydrogens is 450 g/mol. The maximum absolute atomic E-state index is 13.3. The van der Waals surface area contributed by atoms with Crippen molar-refractivity contribution >= 4 is 42.6 Å². The molecule has 10 heteroatoms. The number of carbonyl (C=O) groups excluding carboxylic acids is 1. The Morgan fingerprint density at radius 1 is 1.16 bits per heavy atom. The Balaban J connectivity index is 1.39. The number of fused-ring (bicyclic) bond motifs is 2. The molecule has 0 saturated carbocycles. The number of amides is 1. The standard InChI is InChI=1S/C22H23N3O5S2/c1-13-10-14(2)20-19(11-13)31-22(23-20)24-21(26)16-4-3-7-25(16)32(27,28)15-5-6-17-18(12-15)30-9-8-29-17/h5-6,10-12,16H,3-4,7-9H2,1-2H3,(H,23,24,26). The minimum atomic E-state index is -3.88. The molecule has 1 aromatic heterocycles. The maximum atomic E-state index is 13.3. The molecule has 168 valence electrons. The normalized spacial score (nSPS) is 18.8. The molecule has 1 N–H and O–H groups in total. The third kappa shape index (κ3) is 3.72. The number of anilines is 1. The molecule has 32 heavy (non-hydrogen) atoms. The summed E-state index contributed by atoms with van der Waals surface area (Å²) in [5, 5.41) is 3.32. The molecule has 3 heterocycles. The third-order valence-corrected chi connectivity index (χ3v) is 8.51. The number of benzene rings is 2. The Bertz CT molecular complexity index is 1320. The highest BCUT2D eigenvalue weighted by Crippen LogP contribution is 2.35. The van der Waals surface area contributed by atoms with Gasteiger partial charge in [-0.2, -0.15) is 4.31 Å². The zero-order valence-corrected chi connectivity index (χ0v) is 19.4. The predicted molar refractivity (Wildman–Crippen MR) is 122 cm³/mol. The van der Waals surface area contributed by atoms with E-state index in [-0.39, 0.29) is 17.3 Å². The van der Waals surface area contributed by atoms with Crippen LogP contribution in [0.1, 0.15) is 24.0 Å². The van der Waals surface area contributed by atoms with Crippen LogP contribution in [0, 0.1) is 13.8 Å². The Morgan fingerprint density at radius 3 is 2.75 bits per heavy atom. The van der Waals surface area contributed by atoms with Gasteiger partial charge in [0.1, 0.15) is 19.3 Å². The predicted octanol–water partition coefficient (Wildman–Crippen LogP) is 3.48. The van der Waals surface area contributed by atoms with Gasteiger partial charge >= 0.3 is 0 Å². The lowest BCUT2D eigenvalue weighted by atomic mass is 10.1. The van der Waals surface area contributed by atoms with Crippen LogP contribution in [0.25, 0.3) is 10.2 Å². The summed E-state index contributed by atoms with van der Waals surface area (Å²) >= 11 is 1.39. The fourth-order valence-electron chi connectivity index (χ4n) is 4.22. The van der Waals surface area contributed by atoms with Crippen molar-refractivity contribution in [3.05, 3.63) is 41.5 Å². The lowest BCUT2D eigenvalue weighted by Gasteiger charge is -2.24. The van der Waals surface area contributed by atoms with Crippen LogP contribution in [0.4, 0.5) is 5.13 Å². The smallest absolute Gasteiger partial charge is 0.244 e. The third-order valence-electron chi connectivity index (χ3n) is 5.69. The SMILES string of the molecule is Cc1cc(C)c2nc(NC(=O)C3CCCN3S(=O)(=O)c3ccc4c(c3)OCCO4)sc2c1. The lowest BCUT2D eigenvalue weighted by molar-refractivity contribution is -0.119. The molecule has 1 saturated heterocycles. The van der Waals surface area contributed by atoms with Gasteiger partial charge in [-0.15, -0.1) is 0 Å². The second-order valence-corrected chi connectivity index (χ2v) is 10.9. The van der Waals surface area contributed by atoms with Crippen LogP contribution in [-0.4, -0.2) is 49.4 Å². The summed E-state index contributed by atoms with van der Waals surface area (Å²) in [5.41, 5.74) is 3.02. The monoisotopic (exact) mass is 473 g/mol. The summed E-state index contributed by atoms with van der Waals surface area (Å²) in [4.78, 5) is 17.7. The minimum absolute atomic E-state index is 0.0903. The van der Waals surface area contributed by atoms with Gasteiger partial charge in [-0.3, -0.25) is 4.79 Å². The van der Waals surface area contributed by atoms with Crippen molar-refractivity contribution in [1.29, 1.82) is 0 Å². The van der Waals surface area contributed by atoms with Gasteiger partial charge in [0.25, 0.3) is 0 Å². The Morgan fingerprint density at radius 2 is 1.94 bits per heavy atom. The van der Waals surface area contributed by atoms with Crippen molar-refractivity contribution in [3.63, 3.8) is 0 Å². The molecule has 1 unspecified atom stereocenters. The fourth-order valence-corrected chi connectivity index (χ4v) is 6.94. The second-order valence-electron chi connectivity index (χ2n) is 8.02. The summed E-state index contributed by atoms with van der Waals surface area (Å²) in [6.07, 6.45) is 1.07. The van der Waals surface area contributed by atoms with E-state index >= 15 is 0 Å². The van der Waals surface area contributed by atoms with Crippen LogP contribution < -0.4 is 14.8 Å². The summed E-state index contributed by atoms with van der Waals surface area (Å²) in [7, 11) is -3.88. The molecule has 0 bridgehead atoms. The molecular formula is C22H23N3O5S2. The van der Waals surface area contributed by atoms with E-state index in [4.69, 9.17) is 9.47 Å². The van der Waals surface area contributed by atoms with E-state index in [1.54, 1.807) is 6.07 Å². The molecule has 0 radical (unpaired) electrons. The van der Waals surface area contributed by atoms with Gasteiger partial charge in [-0.05, 0) is 56.0 Å². The van der Waals surface area contributed by atoms with Crippen molar-refractivity contribution in [2.75, 3.05) is 25.1 Å². The highest BCUT2D eigenvalue weighted by Gasteiger charge is 2.40. The largest absolute Gasteiger partial charge is 0.486 e. The van der Waals surface area contributed by atoms with E-state index in [9.17, 15) is 13.2 Å². The first-order valence-corrected chi connectivity index (χ1v) is 12.7. The van der Waals surface area contributed by atoms with Gasteiger partial charge in [0.2, 0.25) is 15.9 Å². The van der Waals surface area contributed by atoms with Crippen molar-refractivity contribution in [2.24, 2.45) is 0 Å². The summed E-state index contributed by atoms with van der Waals surface area (Å²) in [5.74, 6) is 0.557. The number of hydrogen-bond acceptors (Lipinski definition) is 7.